The number of aromatic nitrogens is 1. The lowest BCUT2D eigenvalue weighted by molar-refractivity contribution is 0.444. The van der Waals surface area contributed by atoms with Crippen molar-refractivity contribution in [3.8, 4) is 50.9 Å². The maximum atomic E-state index is 7.01. The Kier molecular flexibility index (Phi) is 4.34. The maximum Gasteiger partial charge on any atom is 0.176 e. The van der Waals surface area contributed by atoms with Crippen molar-refractivity contribution in [1.82, 2.24) is 4.57 Å². The Morgan fingerprint density at radius 1 is 0.500 bits per heavy atom. The summed E-state index contributed by atoms with van der Waals surface area (Å²) in [6.45, 7) is 2.42. The molecule has 1 aliphatic carbocycles. The van der Waals surface area contributed by atoms with Crippen LogP contribution in [0.5, 0.6) is 23.0 Å². The van der Waals surface area contributed by atoms with Crippen molar-refractivity contribution in [1.29, 1.82) is 0 Å². The zero-order valence-electron chi connectivity index (χ0n) is 26.0. The van der Waals surface area contributed by atoms with Gasteiger partial charge >= 0.3 is 0 Å². The predicted molar refractivity (Wildman–Crippen MR) is 192 cm³/mol. The molecule has 4 heterocycles. The summed E-state index contributed by atoms with van der Waals surface area (Å²) in [5.41, 5.74) is 15.2. The zero-order valence-corrected chi connectivity index (χ0v) is 26.0. The molecule has 0 bridgehead atoms. The van der Waals surface area contributed by atoms with Gasteiger partial charge in [-0.25, -0.2) is 0 Å². The minimum absolute atomic E-state index is 0.329. The highest BCUT2D eigenvalue weighted by molar-refractivity contribution is 6.17. The molecule has 1 aromatic heterocycles. The molecular weight excluding hydrogens is 588 g/mol. The van der Waals surface area contributed by atoms with Crippen molar-refractivity contribution in [2.45, 2.75) is 12.3 Å². The second-order valence-electron chi connectivity index (χ2n) is 13.4. The Balaban J connectivity index is 1.21. The quantitative estimate of drug-likeness (QED) is 0.194. The summed E-state index contributed by atoms with van der Waals surface area (Å²) in [5.74, 6) is 3.34. The molecule has 12 rings (SSSR count). The monoisotopic (exact) mass is 614 g/mol. The van der Waals surface area contributed by atoms with Crippen molar-refractivity contribution in [2.75, 3.05) is 4.90 Å². The Hall–Kier alpha value is -6.26. The molecule has 1 unspecified atom stereocenters. The number of anilines is 3. The molecule has 0 amide bonds. The van der Waals surface area contributed by atoms with Gasteiger partial charge in [-0.1, -0.05) is 91.0 Å². The van der Waals surface area contributed by atoms with E-state index in [1.54, 1.807) is 0 Å². The summed E-state index contributed by atoms with van der Waals surface area (Å²) in [6.07, 6.45) is 0. The molecule has 1 atom stereocenters. The van der Waals surface area contributed by atoms with E-state index in [0.29, 0.717) is 0 Å². The lowest BCUT2D eigenvalue weighted by Crippen LogP contribution is -2.32. The molecular formula is C44H26N2O2. The smallest absolute Gasteiger partial charge is 0.176 e. The molecule has 4 aliphatic rings. The SMILES string of the molecule is CC12c3ccccc3-c3cccc(c31)N(c1ccc3c4cccc5c4n4c3c1Oc1cccc(c1-4)O5)c1ccc(-c3ccccc3)cc12. The van der Waals surface area contributed by atoms with Gasteiger partial charge < -0.3 is 14.4 Å². The Morgan fingerprint density at radius 3 is 2.15 bits per heavy atom. The Labute approximate surface area is 276 Å². The Morgan fingerprint density at radius 2 is 1.23 bits per heavy atom. The molecule has 4 nitrogen and oxygen atoms in total. The van der Waals surface area contributed by atoms with Gasteiger partial charge in [0, 0.05) is 16.2 Å². The summed E-state index contributed by atoms with van der Waals surface area (Å²) < 4.78 is 15.8. The number of fused-ring (bicyclic) bond motifs is 6. The largest absolute Gasteiger partial charge is 0.453 e. The van der Waals surface area contributed by atoms with Gasteiger partial charge in [0.15, 0.2) is 23.0 Å². The van der Waals surface area contributed by atoms with Crippen molar-refractivity contribution >= 4 is 38.9 Å². The van der Waals surface area contributed by atoms with E-state index in [0.717, 1.165) is 61.9 Å². The number of hydrogen-bond donors (Lipinski definition) is 0. The van der Waals surface area contributed by atoms with Crippen LogP contribution in [0.2, 0.25) is 0 Å². The van der Waals surface area contributed by atoms with Gasteiger partial charge in [0.1, 0.15) is 5.69 Å². The summed E-state index contributed by atoms with van der Waals surface area (Å²) >= 11 is 0. The van der Waals surface area contributed by atoms with E-state index in [4.69, 9.17) is 9.47 Å². The average molecular weight is 615 g/mol. The molecule has 0 spiro atoms. The Bertz CT molecular complexity index is 2760. The molecule has 48 heavy (non-hydrogen) atoms. The first-order valence-electron chi connectivity index (χ1n) is 16.5. The topological polar surface area (TPSA) is 26.6 Å². The third-order valence-corrected chi connectivity index (χ3v) is 11.1. The molecule has 0 N–H and O–H groups in total. The van der Waals surface area contributed by atoms with E-state index in [2.05, 4.69) is 144 Å². The van der Waals surface area contributed by atoms with E-state index >= 15 is 0 Å². The normalized spacial score (nSPS) is 16.8. The average Bonchev–Trinajstić information content (AvgIpc) is 3.62. The molecule has 0 fully saturated rings. The van der Waals surface area contributed by atoms with Crippen LogP contribution in [-0.2, 0) is 5.41 Å². The number of benzene rings is 7. The summed E-state index contributed by atoms with van der Waals surface area (Å²) in [7, 11) is 0. The predicted octanol–water partition coefficient (Wildman–Crippen LogP) is 11.8. The van der Waals surface area contributed by atoms with E-state index < -0.39 is 0 Å². The number of nitrogens with zero attached hydrogens (tertiary/aromatic N) is 2. The van der Waals surface area contributed by atoms with Crippen molar-refractivity contribution in [2.24, 2.45) is 0 Å². The van der Waals surface area contributed by atoms with Gasteiger partial charge in [0.05, 0.1) is 28.1 Å². The second-order valence-corrected chi connectivity index (χ2v) is 13.4. The number of ether oxygens (including phenoxy) is 2. The van der Waals surface area contributed by atoms with Crippen LogP contribution >= 0.6 is 0 Å². The van der Waals surface area contributed by atoms with E-state index in [9.17, 15) is 0 Å². The second kappa shape index (κ2) is 8.36. The molecule has 0 saturated carbocycles. The van der Waals surface area contributed by atoms with E-state index in [-0.39, 0.29) is 5.41 Å². The van der Waals surface area contributed by atoms with Crippen LogP contribution in [0.15, 0.2) is 140 Å². The first-order chi connectivity index (χ1) is 23.7. The molecule has 8 aromatic rings. The van der Waals surface area contributed by atoms with Gasteiger partial charge in [-0.15, -0.1) is 0 Å². The number of rotatable bonds is 2. The van der Waals surface area contributed by atoms with Gasteiger partial charge in [-0.05, 0) is 94.4 Å². The standard InChI is InChI=1S/C44H26N2O2/c1-44-31-15-6-5-12-27(31)28-13-7-16-34(39(28)44)45(33-22-20-26(24-32(33)44)25-10-3-2-4-11-25)35-23-21-30-29-14-8-17-36-40(29)46-41(30)43(35)48-38-19-9-18-37(47-36)42(38)46/h2-24H,1H3. The molecule has 0 saturated heterocycles. The van der Waals surface area contributed by atoms with E-state index in [1.807, 2.05) is 12.1 Å². The molecule has 4 heteroatoms. The fourth-order valence-corrected chi connectivity index (χ4v) is 9.16. The van der Waals surface area contributed by atoms with E-state index in [1.165, 1.54) is 44.6 Å². The lowest BCUT2D eigenvalue weighted by Gasteiger charge is -2.43. The van der Waals surface area contributed by atoms with Crippen LogP contribution < -0.4 is 14.4 Å². The molecule has 7 aromatic carbocycles. The van der Waals surface area contributed by atoms with Gasteiger partial charge in [0.2, 0.25) is 0 Å². The van der Waals surface area contributed by atoms with Crippen LogP contribution in [-0.4, -0.2) is 4.57 Å². The highest BCUT2D eigenvalue weighted by Gasteiger charge is 2.49. The summed E-state index contributed by atoms with van der Waals surface area (Å²) in [5, 5.41) is 2.32. The highest BCUT2D eigenvalue weighted by atomic mass is 16.5. The zero-order chi connectivity index (χ0) is 31.3. The van der Waals surface area contributed by atoms with Crippen LogP contribution in [0.1, 0.15) is 23.6 Å². The molecule has 0 radical (unpaired) electrons. The lowest BCUT2D eigenvalue weighted by atomic mass is 9.70. The summed E-state index contributed by atoms with van der Waals surface area (Å²) in [6, 6.07) is 50.4. The highest BCUT2D eigenvalue weighted by Crippen LogP contribution is 2.64. The molecule has 224 valence electrons. The van der Waals surface area contributed by atoms with Crippen LogP contribution in [0.25, 0.3) is 49.7 Å². The van der Waals surface area contributed by atoms with Gasteiger partial charge in [0.25, 0.3) is 0 Å². The summed E-state index contributed by atoms with van der Waals surface area (Å²) in [4.78, 5) is 2.45. The third kappa shape index (κ3) is 2.77. The maximum absolute atomic E-state index is 7.01. The van der Waals surface area contributed by atoms with Crippen molar-refractivity contribution in [3.63, 3.8) is 0 Å². The first kappa shape index (κ1) is 24.9. The minimum Gasteiger partial charge on any atom is -0.453 e. The third-order valence-electron chi connectivity index (χ3n) is 11.1. The van der Waals surface area contributed by atoms with Crippen LogP contribution in [0.3, 0.4) is 0 Å². The number of hydrogen-bond acceptors (Lipinski definition) is 3. The van der Waals surface area contributed by atoms with Crippen molar-refractivity contribution in [3.05, 3.63) is 156 Å². The molecule has 3 aliphatic heterocycles. The van der Waals surface area contributed by atoms with Gasteiger partial charge in [-0.2, -0.15) is 0 Å². The fraction of sp³-hybridized carbons (Fsp3) is 0.0455. The minimum atomic E-state index is -0.329. The number of para-hydroxylation sites is 2. The van der Waals surface area contributed by atoms with Crippen LogP contribution in [0.4, 0.5) is 17.1 Å². The van der Waals surface area contributed by atoms with Crippen molar-refractivity contribution < 1.29 is 9.47 Å². The first-order valence-corrected chi connectivity index (χ1v) is 16.5. The fourth-order valence-electron chi connectivity index (χ4n) is 9.16. The van der Waals surface area contributed by atoms with Crippen LogP contribution in [0, 0.1) is 0 Å². The van der Waals surface area contributed by atoms with Gasteiger partial charge in [-0.3, -0.25) is 4.57 Å².